The number of aromatic nitrogens is 4. The van der Waals surface area contributed by atoms with Crippen LogP contribution in [0.25, 0.3) is 11.2 Å². The Labute approximate surface area is 126 Å². The first-order chi connectivity index (χ1) is 10.0. The van der Waals surface area contributed by atoms with Crippen molar-refractivity contribution >= 4 is 32.9 Å². The third-order valence-corrected chi connectivity index (χ3v) is 4.40. The van der Waals surface area contributed by atoms with E-state index in [1.54, 1.807) is 0 Å². The molecule has 21 heavy (non-hydrogen) atoms. The summed E-state index contributed by atoms with van der Waals surface area (Å²) < 4.78 is 21.2. The molecule has 2 aromatic heterocycles. The average Bonchev–Trinajstić information content (AvgIpc) is 2.91. The second-order valence-corrected chi connectivity index (χ2v) is 5.77. The van der Waals surface area contributed by atoms with Gasteiger partial charge < -0.3 is 20.7 Å². The maximum atomic E-state index is 14.1. The zero-order valence-corrected chi connectivity index (χ0v) is 12.3. The lowest BCUT2D eigenvalue weighted by Gasteiger charge is -2.39. The van der Waals surface area contributed by atoms with Crippen molar-refractivity contribution in [1.82, 2.24) is 19.5 Å². The number of rotatable bonds is 2. The Hall–Kier alpha value is -1.36. The van der Waals surface area contributed by atoms with Crippen LogP contribution in [0.4, 0.5) is 10.2 Å². The van der Waals surface area contributed by atoms with Crippen LogP contribution in [-0.2, 0) is 4.74 Å². The lowest BCUT2D eigenvalue weighted by atomic mass is 10.0. The minimum atomic E-state index is -1.61. The Morgan fingerprint density at radius 3 is 2.90 bits per heavy atom. The molecule has 0 radical (unpaired) electrons. The van der Waals surface area contributed by atoms with E-state index >= 15 is 0 Å². The fourth-order valence-corrected chi connectivity index (χ4v) is 3.00. The third kappa shape index (κ3) is 2.27. The molecule has 3 heterocycles. The monoisotopic (exact) mass is 361 g/mol. The van der Waals surface area contributed by atoms with Gasteiger partial charge >= 0.3 is 0 Å². The van der Waals surface area contributed by atoms with Gasteiger partial charge in [-0.3, -0.25) is 4.57 Å². The number of halogens is 2. The number of ether oxygens (including phenoxy) is 1. The molecular formula is C11H13BrFN5O3. The van der Waals surface area contributed by atoms with Crippen molar-refractivity contribution < 1.29 is 19.3 Å². The summed E-state index contributed by atoms with van der Waals surface area (Å²) in [6, 6.07) is 0. The summed E-state index contributed by atoms with van der Waals surface area (Å²) >= 11 is 3.18. The number of imidazole rings is 1. The van der Waals surface area contributed by atoms with E-state index in [1.165, 1.54) is 17.2 Å². The highest BCUT2D eigenvalue weighted by molar-refractivity contribution is 9.09. The largest absolute Gasteiger partial charge is 0.394 e. The van der Waals surface area contributed by atoms with Crippen LogP contribution >= 0.6 is 15.9 Å². The molecule has 5 atom stereocenters. The van der Waals surface area contributed by atoms with E-state index in [-0.39, 0.29) is 5.82 Å². The molecule has 10 heteroatoms. The molecule has 0 aliphatic carbocycles. The van der Waals surface area contributed by atoms with Gasteiger partial charge in [-0.05, 0) is 0 Å². The number of nitrogen functional groups attached to an aromatic ring is 1. The van der Waals surface area contributed by atoms with Crippen molar-refractivity contribution in [2.24, 2.45) is 0 Å². The van der Waals surface area contributed by atoms with Crippen LogP contribution in [0.2, 0.25) is 0 Å². The Morgan fingerprint density at radius 1 is 1.43 bits per heavy atom. The summed E-state index contributed by atoms with van der Waals surface area (Å²) in [4.78, 5) is 11.2. The van der Waals surface area contributed by atoms with Crippen molar-refractivity contribution in [1.29, 1.82) is 0 Å². The molecule has 3 unspecified atom stereocenters. The standard InChI is InChI=1S/C11H13BrFN5O3/c12-5-6(13)8(20)4(1-19)21-11(5)18-3-17-7-9(14)15-2-16-10(7)18/h2-6,8,11,19-20H,1H2,(H2,14,15,16)/t4-,5?,6?,8?,11-/m1/s1. The highest BCUT2D eigenvalue weighted by Gasteiger charge is 2.45. The van der Waals surface area contributed by atoms with E-state index in [4.69, 9.17) is 10.5 Å². The summed E-state index contributed by atoms with van der Waals surface area (Å²) in [5.41, 5.74) is 6.47. The molecule has 4 N–H and O–H groups in total. The quantitative estimate of drug-likeness (QED) is 0.631. The topological polar surface area (TPSA) is 119 Å². The van der Waals surface area contributed by atoms with Crippen LogP contribution in [0, 0.1) is 0 Å². The molecule has 0 spiro atoms. The zero-order chi connectivity index (χ0) is 15.1. The lowest BCUT2D eigenvalue weighted by Crippen LogP contribution is -2.52. The van der Waals surface area contributed by atoms with E-state index in [0.29, 0.717) is 11.2 Å². The first kappa shape index (κ1) is 14.6. The SMILES string of the molecule is Nc1ncnc2c1ncn2[C@@H]1O[C@H](CO)C(O)C(F)C1Br. The van der Waals surface area contributed by atoms with Gasteiger partial charge in [0.15, 0.2) is 17.7 Å². The summed E-state index contributed by atoms with van der Waals surface area (Å²) in [6.45, 7) is -0.498. The molecule has 1 fully saturated rings. The van der Waals surface area contributed by atoms with Crippen LogP contribution in [0.15, 0.2) is 12.7 Å². The van der Waals surface area contributed by atoms with Crippen LogP contribution in [0.1, 0.15) is 6.23 Å². The Kier molecular flexibility index (Phi) is 3.78. The smallest absolute Gasteiger partial charge is 0.167 e. The summed E-state index contributed by atoms with van der Waals surface area (Å²) in [5, 5.41) is 18.9. The van der Waals surface area contributed by atoms with E-state index in [2.05, 4.69) is 30.9 Å². The number of alkyl halides is 2. The molecule has 0 amide bonds. The minimum absolute atomic E-state index is 0.205. The van der Waals surface area contributed by atoms with E-state index in [9.17, 15) is 14.6 Å². The molecule has 8 nitrogen and oxygen atoms in total. The van der Waals surface area contributed by atoms with Gasteiger partial charge in [0.05, 0.1) is 17.8 Å². The molecule has 0 bridgehead atoms. The first-order valence-corrected chi connectivity index (χ1v) is 7.11. The number of aliphatic hydroxyl groups is 2. The predicted octanol–water partition coefficient (Wildman–Crippen LogP) is -0.239. The minimum Gasteiger partial charge on any atom is -0.394 e. The van der Waals surface area contributed by atoms with Crippen molar-refractivity contribution in [3.63, 3.8) is 0 Å². The van der Waals surface area contributed by atoms with Crippen molar-refractivity contribution in [3.8, 4) is 0 Å². The number of fused-ring (bicyclic) bond motifs is 1. The number of anilines is 1. The second-order valence-electron chi connectivity index (χ2n) is 4.71. The molecular weight excluding hydrogens is 349 g/mol. The molecule has 114 valence electrons. The summed E-state index contributed by atoms with van der Waals surface area (Å²) in [6.07, 6.45) is -2.21. The highest BCUT2D eigenvalue weighted by atomic mass is 79.9. The fraction of sp³-hybridized carbons (Fsp3) is 0.545. The maximum absolute atomic E-state index is 14.1. The predicted molar refractivity (Wildman–Crippen MR) is 74.3 cm³/mol. The maximum Gasteiger partial charge on any atom is 0.167 e. The van der Waals surface area contributed by atoms with E-state index < -0.39 is 36.0 Å². The number of nitrogens with two attached hydrogens (primary N) is 1. The van der Waals surface area contributed by atoms with Gasteiger partial charge in [-0.1, -0.05) is 15.9 Å². The highest BCUT2D eigenvalue weighted by Crippen LogP contribution is 2.36. The van der Waals surface area contributed by atoms with Gasteiger partial charge in [0, 0.05) is 0 Å². The molecule has 1 saturated heterocycles. The second kappa shape index (κ2) is 5.44. The van der Waals surface area contributed by atoms with Gasteiger partial charge in [0.2, 0.25) is 0 Å². The third-order valence-electron chi connectivity index (χ3n) is 3.44. The van der Waals surface area contributed by atoms with Crippen LogP contribution < -0.4 is 5.73 Å². The normalized spacial score (nSPS) is 33.4. The van der Waals surface area contributed by atoms with Gasteiger partial charge in [-0.15, -0.1) is 0 Å². The molecule has 3 rings (SSSR count). The van der Waals surface area contributed by atoms with Crippen LogP contribution in [0.3, 0.4) is 0 Å². The Morgan fingerprint density at radius 2 is 2.19 bits per heavy atom. The molecule has 1 aliphatic rings. The molecule has 0 aromatic carbocycles. The van der Waals surface area contributed by atoms with Crippen LogP contribution in [0.5, 0.6) is 0 Å². The van der Waals surface area contributed by atoms with Gasteiger partial charge in [0.1, 0.15) is 30.2 Å². The Bertz CT molecular complexity index is 654. The first-order valence-electron chi connectivity index (χ1n) is 6.20. The number of hydrogen-bond acceptors (Lipinski definition) is 7. The van der Waals surface area contributed by atoms with Crippen molar-refractivity contribution in [2.45, 2.75) is 29.4 Å². The molecule has 1 aliphatic heterocycles. The summed E-state index contributed by atoms with van der Waals surface area (Å²) in [5.74, 6) is 0.205. The number of nitrogens with zero attached hydrogens (tertiary/aromatic N) is 4. The number of aliphatic hydroxyl groups excluding tert-OH is 2. The lowest BCUT2D eigenvalue weighted by molar-refractivity contribution is -0.179. The van der Waals surface area contributed by atoms with E-state index in [0.717, 1.165) is 0 Å². The average molecular weight is 362 g/mol. The van der Waals surface area contributed by atoms with Crippen molar-refractivity contribution in [3.05, 3.63) is 12.7 Å². The van der Waals surface area contributed by atoms with E-state index in [1.807, 2.05) is 0 Å². The van der Waals surface area contributed by atoms with Crippen molar-refractivity contribution in [2.75, 3.05) is 12.3 Å². The Balaban J connectivity index is 2.03. The molecule has 0 saturated carbocycles. The molecule has 2 aromatic rings. The zero-order valence-electron chi connectivity index (χ0n) is 10.7. The number of hydrogen-bond donors (Lipinski definition) is 3. The van der Waals surface area contributed by atoms with Gasteiger partial charge in [-0.25, -0.2) is 19.3 Å². The fourth-order valence-electron chi connectivity index (χ4n) is 2.31. The van der Waals surface area contributed by atoms with Gasteiger partial charge in [0.25, 0.3) is 0 Å². The van der Waals surface area contributed by atoms with Crippen LogP contribution in [-0.4, -0.2) is 59.5 Å². The summed E-state index contributed by atoms with van der Waals surface area (Å²) in [7, 11) is 0. The van der Waals surface area contributed by atoms with Gasteiger partial charge in [-0.2, -0.15) is 0 Å².